The molecule has 5 rings (SSSR count). The Morgan fingerprint density at radius 2 is 1.75 bits per heavy atom. The fourth-order valence-corrected chi connectivity index (χ4v) is 5.21. The first kappa shape index (κ1) is 24.3. The lowest BCUT2D eigenvalue weighted by Gasteiger charge is -2.36. The van der Waals surface area contributed by atoms with Crippen molar-refractivity contribution in [1.82, 2.24) is 14.8 Å². The topological polar surface area (TPSA) is 71.7 Å². The number of piperidine rings is 1. The van der Waals surface area contributed by atoms with Gasteiger partial charge in [0.25, 0.3) is 5.91 Å². The number of benzene rings is 2. The van der Waals surface area contributed by atoms with Crippen molar-refractivity contribution in [2.75, 3.05) is 31.9 Å². The number of nitrogens with two attached hydrogens (primary N) is 1. The molecule has 2 aliphatic heterocycles. The van der Waals surface area contributed by atoms with E-state index in [1.54, 1.807) is 12.3 Å². The molecular weight excluding hydrogens is 455 g/mol. The van der Waals surface area contributed by atoms with Crippen LogP contribution in [-0.2, 0) is 6.61 Å². The molecule has 2 N–H and O–H groups in total. The lowest BCUT2D eigenvalue weighted by atomic mass is 10.0. The van der Waals surface area contributed by atoms with E-state index in [1.165, 1.54) is 38.1 Å². The van der Waals surface area contributed by atoms with Gasteiger partial charge in [-0.25, -0.2) is 9.37 Å². The zero-order chi connectivity index (χ0) is 25.1. The largest absolute Gasteiger partial charge is 0.485 e. The molecule has 2 aliphatic rings. The van der Waals surface area contributed by atoms with Crippen LogP contribution in [0.4, 0.5) is 10.2 Å². The minimum absolute atomic E-state index is 0.0892. The summed E-state index contributed by atoms with van der Waals surface area (Å²) in [7, 11) is 0. The maximum Gasteiger partial charge on any atom is 0.253 e. The predicted molar refractivity (Wildman–Crippen MR) is 139 cm³/mol. The molecule has 7 heteroatoms. The van der Waals surface area contributed by atoms with Gasteiger partial charge in [0.1, 0.15) is 12.4 Å². The van der Waals surface area contributed by atoms with Gasteiger partial charge < -0.3 is 20.3 Å². The number of ether oxygens (including phenoxy) is 1. The zero-order valence-corrected chi connectivity index (χ0v) is 20.8. The van der Waals surface area contributed by atoms with Crippen LogP contribution >= 0.6 is 0 Å². The van der Waals surface area contributed by atoms with Gasteiger partial charge >= 0.3 is 0 Å². The summed E-state index contributed by atoms with van der Waals surface area (Å²) in [5, 5.41) is 0. The van der Waals surface area contributed by atoms with Crippen molar-refractivity contribution >= 4 is 11.7 Å². The highest BCUT2D eigenvalue weighted by molar-refractivity contribution is 5.94. The standard InChI is InChI=1S/C29H33FN4O2/c1-20-4-9-25(30)16-24(20)19-36-27-17-23(18-32-28(27)31)21-5-7-22(8-6-21)29(35)34-14-10-26(11-15-34)33-12-2-3-13-33/h4-9,16-18,26H,2-3,10-15,19H2,1H3,(H2,31,32). The van der Waals surface area contributed by atoms with Gasteiger partial charge in [-0.05, 0) is 92.7 Å². The lowest BCUT2D eigenvalue weighted by Crippen LogP contribution is -2.45. The van der Waals surface area contributed by atoms with Crippen LogP contribution in [-0.4, -0.2) is 52.9 Å². The highest BCUT2D eigenvalue weighted by Crippen LogP contribution is 2.29. The number of pyridine rings is 1. The van der Waals surface area contributed by atoms with Gasteiger partial charge in [0.2, 0.25) is 0 Å². The van der Waals surface area contributed by atoms with Gasteiger partial charge in [-0.2, -0.15) is 0 Å². The number of anilines is 1. The van der Waals surface area contributed by atoms with Crippen LogP contribution in [0.5, 0.6) is 5.75 Å². The summed E-state index contributed by atoms with van der Waals surface area (Å²) in [5.41, 5.74) is 10.2. The minimum Gasteiger partial charge on any atom is -0.485 e. The second-order valence-electron chi connectivity index (χ2n) is 9.81. The molecule has 3 aromatic rings. The van der Waals surface area contributed by atoms with Crippen LogP contribution in [0.2, 0.25) is 0 Å². The van der Waals surface area contributed by atoms with E-state index in [9.17, 15) is 9.18 Å². The molecule has 188 valence electrons. The van der Waals surface area contributed by atoms with Crippen LogP contribution in [0.3, 0.4) is 0 Å². The quantitative estimate of drug-likeness (QED) is 0.525. The molecule has 3 heterocycles. The number of amides is 1. The molecule has 0 saturated carbocycles. The van der Waals surface area contributed by atoms with E-state index in [0.29, 0.717) is 17.4 Å². The summed E-state index contributed by atoms with van der Waals surface area (Å²) in [5.74, 6) is 0.505. The molecule has 0 bridgehead atoms. The summed E-state index contributed by atoms with van der Waals surface area (Å²) < 4.78 is 19.5. The fraction of sp³-hybridized carbons (Fsp3) is 0.379. The van der Waals surface area contributed by atoms with Crippen LogP contribution in [0.1, 0.15) is 47.2 Å². The molecule has 36 heavy (non-hydrogen) atoms. The third-order valence-corrected chi connectivity index (χ3v) is 7.45. The molecule has 2 fully saturated rings. The van der Waals surface area contributed by atoms with Gasteiger partial charge in [0.15, 0.2) is 11.6 Å². The first-order valence-electron chi connectivity index (χ1n) is 12.7. The summed E-state index contributed by atoms with van der Waals surface area (Å²) >= 11 is 0. The number of hydrogen-bond donors (Lipinski definition) is 1. The van der Waals surface area contributed by atoms with Crippen molar-refractivity contribution in [3.05, 3.63) is 77.2 Å². The van der Waals surface area contributed by atoms with Crippen molar-refractivity contribution < 1.29 is 13.9 Å². The maximum absolute atomic E-state index is 13.6. The number of aryl methyl sites for hydroxylation is 1. The smallest absolute Gasteiger partial charge is 0.253 e. The molecule has 0 spiro atoms. The SMILES string of the molecule is Cc1ccc(F)cc1COc1cc(-c2ccc(C(=O)N3CCC(N4CCCC4)CC3)cc2)cnc1N. The second-order valence-corrected chi connectivity index (χ2v) is 9.81. The fourth-order valence-electron chi connectivity index (χ4n) is 5.21. The van der Waals surface area contributed by atoms with Gasteiger partial charge in [-0.15, -0.1) is 0 Å². The number of halogens is 1. The van der Waals surface area contributed by atoms with E-state index in [-0.39, 0.29) is 24.1 Å². The average molecular weight is 489 g/mol. The predicted octanol–water partition coefficient (Wildman–Crippen LogP) is 5.06. The average Bonchev–Trinajstić information content (AvgIpc) is 3.45. The van der Waals surface area contributed by atoms with Gasteiger partial charge in [-0.3, -0.25) is 4.79 Å². The van der Waals surface area contributed by atoms with Gasteiger partial charge in [0.05, 0.1) is 0 Å². The Hall–Kier alpha value is -3.45. The highest BCUT2D eigenvalue weighted by atomic mass is 19.1. The number of rotatable bonds is 6. The Kier molecular flexibility index (Phi) is 7.18. The third-order valence-electron chi connectivity index (χ3n) is 7.45. The van der Waals surface area contributed by atoms with Crippen molar-refractivity contribution in [2.24, 2.45) is 0 Å². The van der Waals surface area contributed by atoms with Crippen molar-refractivity contribution in [3.8, 4) is 16.9 Å². The van der Waals surface area contributed by atoms with E-state index < -0.39 is 0 Å². The Morgan fingerprint density at radius 3 is 2.47 bits per heavy atom. The van der Waals surface area contributed by atoms with Gasteiger partial charge in [-0.1, -0.05) is 18.2 Å². The Labute approximate surface area is 211 Å². The molecule has 1 amide bonds. The molecule has 6 nitrogen and oxygen atoms in total. The van der Waals surface area contributed by atoms with Crippen LogP contribution in [0.25, 0.3) is 11.1 Å². The number of aromatic nitrogens is 1. The molecular formula is C29H33FN4O2. The first-order valence-corrected chi connectivity index (χ1v) is 12.7. The Bertz CT molecular complexity index is 1220. The highest BCUT2D eigenvalue weighted by Gasteiger charge is 2.28. The van der Waals surface area contributed by atoms with E-state index in [0.717, 1.165) is 48.2 Å². The summed E-state index contributed by atoms with van der Waals surface area (Å²) in [4.78, 5) is 21.9. The number of nitrogen functional groups attached to an aromatic ring is 1. The Balaban J connectivity index is 1.23. The molecule has 0 atom stereocenters. The monoisotopic (exact) mass is 488 g/mol. The minimum atomic E-state index is -0.301. The zero-order valence-electron chi connectivity index (χ0n) is 20.8. The number of likely N-dealkylation sites (tertiary alicyclic amines) is 2. The van der Waals surface area contributed by atoms with E-state index in [2.05, 4.69) is 9.88 Å². The summed E-state index contributed by atoms with van der Waals surface area (Å²) in [6.07, 6.45) is 6.40. The van der Waals surface area contributed by atoms with Crippen molar-refractivity contribution in [2.45, 2.75) is 45.3 Å². The van der Waals surface area contributed by atoms with Crippen molar-refractivity contribution in [1.29, 1.82) is 0 Å². The van der Waals surface area contributed by atoms with E-state index >= 15 is 0 Å². The third kappa shape index (κ3) is 5.36. The normalized spacial score (nSPS) is 16.9. The van der Waals surface area contributed by atoms with Gasteiger partial charge in [0, 0.05) is 36.5 Å². The van der Waals surface area contributed by atoms with Crippen LogP contribution in [0, 0.1) is 12.7 Å². The molecule has 2 saturated heterocycles. The summed E-state index contributed by atoms with van der Waals surface area (Å²) in [6.45, 7) is 6.15. The van der Waals surface area contributed by atoms with Crippen LogP contribution < -0.4 is 10.5 Å². The number of hydrogen-bond acceptors (Lipinski definition) is 5. The van der Waals surface area contributed by atoms with E-state index in [1.807, 2.05) is 42.2 Å². The molecule has 2 aromatic carbocycles. The number of nitrogens with zero attached hydrogens (tertiary/aromatic N) is 3. The molecule has 0 radical (unpaired) electrons. The number of carbonyl (C=O) groups is 1. The second kappa shape index (κ2) is 10.7. The van der Waals surface area contributed by atoms with E-state index in [4.69, 9.17) is 10.5 Å². The maximum atomic E-state index is 13.6. The number of carbonyl (C=O) groups excluding carboxylic acids is 1. The molecule has 0 unspecified atom stereocenters. The van der Waals surface area contributed by atoms with Crippen molar-refractivity contribution in [3.63, 3.8) is 0 Å². The van der Waals surface area contributed by atoms with Crippen LogP contribution in [0.15, 0.2) is 54.7 Å². The Morgan fingerprint density at radius 1 is 1.03 bits per heavy atom. The first-order chi connectivity index (χ1) is 17.5. The molecule has 0 aliphatic carbocycles. The summed E-state index contributed by atoms with van der Waals surface area (Å²) in [6, 6.07) is 14.7. The lowest BCUT2D eigenvalue weighted by molar-refractivity contribution is 0.0644. The molecule has 1 aromatic heterocycles.